The normalized spacial score (nSPS) is 12.6. The van der Waals surface area contributed by atoms with E-state index in [-0.39, 0.29) is 21.2 Å². The lowest BCUT2D eigenvalue weighted by atomic mass is 10.2. The van der Waals surface area contributed by atoms with Crippen molar-refractivity contribution in [2.45, 2.75) is 56.6 Å². The monoisotopic (exact) mass is 500 g/mol. The number of aryl methyl sites for hydroxylation is 1. The summed E-state index contributed by atoms with van der Waals surface area (Å²) >= 11 is 0. The number of sulfone groups is 1. The maximum Gasteiger partial charge on any atom is 0.281 e. The smallest absolute Gasteiger partial charge is 0.281 e. The van der Waals surface area contributed by atoms with Crippen molar-refractivity contribution in [1.29, 1.82) is 0 Å². The Bertz CT molecular complexity index is 1300. The highest BCUT2D eigenvalue weighted by atomic mass is 32.2. The molecule has 182 valence electrons. The summed E-state index contributed by atoms with van der Waals surface area (Å²) in [4.78, 5) is 26.1. The van der Waals surface area contributed by atoms with Crippen LogP contribution in [0.25, 0.3) is 16.9 Å². The van der Waals surface area contributed by atoms with E-state index in [1.165, 1.54) is 23.0 Å². The summed E-state index contributed by atoms with van der Waals surface area (Å²) in [5.74, 6) is 0. The van der Waals surface area contributed by atoms with Gasteiger partial charge in [-0.05, 0) is 55.2 Å². The van der Waals surface area contributed by atoms with Gasteiger partial charge in [-0.1, -0.05) is 20.8 Å². The maximum atomic E-state index is 13.3. The molecule has 0 amide bonds. The van der Waals surface area contributed by atoms with Gasteiger partial charge in [0.25, 0.3) is 5.56 Å². The van der Waals surface area contributed by atoms with E-state index in [0.717, 1.165) is 18.4 Å². The number of rotatable bonds is 8. The molecule has 2 aromatic heterocycles. The molecule has 1 aromatic carbocycles. The molecule has 0 unspecified atom stereocenters. The molecule has 0 bridgehead atoms. The Morgan fingerprint density at radius 3 is 2.24 bits per heavy atom. The predicted octanol–water partition coefficient (Wildman–Crippen LogP) is 4.05. The van der Waals surface area contributed by atoms with E-state index in [0.29, 0.717) is 24.3 Å². The summed E-state index contributed by atoms with van der Waals surface area (Å²) < 4.78 is 31.4. The van der Waals surface area contributed by atoms with Crippen molar-refractivity contribution < 1.29 is 12.8 Å². The molecule has 0 aliphatic heterocycles. The molecule has 34 heavy (non-hydrogen) atoms. The first-order valence-corrected chi connectivity index (χ1v) is 15.9. The first-order valence-electron chi connectivity index (χ1n) is 11.1. The largest absolute Gasteiger partial charge is 0.417 e. The van der Waals surface area contributed by atoms with Gasteiger partial charge in [0.2, 0.25) is 0 Å². The average Bonchev–Trinajstić information content (AvgIpc) is 2.77. The van der Waals surface area contributed by atoms with Crippen LogP contribution in [0.4, 0.5) is 0 Å². The van der Waals surface area contributed by atoms with Crippen LogP contribution in [0.3, 0.4) is 0 Å². The van der Waals surface area contributed by atoms with Crippen LogP contribution in [0.1, 0.15) is 32.9 Å². The minimum atomic E-state index is -3.34. The van der Waals surface area contributed by atoms with E-state index < -0.39 is 18.2 Å². The molecule has 0 spiro atoms. The molecule has 0 saturated carbocycles. The highest BCUT2D eigenvalue weighted by Crippen LogP contribution is 2.36. The number of nitrogens with zero attached hydrogens (tertiary/aromatic N) is 4. The molecule has 3 aromatic rings. The van der Waals surface area contributed by atoms with Gasteiger partial charge in [-0.25, -0.2) is 23.4 Å². The van der Waals surface area contributed by atoms with Crippen molar-refractivity contribution in [2.75, 3.05) is 12.9 Å². The van der Waals surface area contributed by atoms with Crippen LogP contribution in [-0.2, 0) is 20.7 Å². The molecule has 0 atom stereocenters. The molecular weight excluding hydrogens is 468 g/mol. The summed E-state index contributed by atoms with van der Waals surface area (Å²) in [6.45, 7) is 11.7. The van der Waals surface area contributed by atoms with E-state index >= 15 is 0 Å². The number of hydrogen-bond donors (Lipinski definition) is 0. The average molecular weight is 501 g/mol. The maximum absolute atomic E-state index is 13.3. The van der Waals surface area contributed by atoms with E-state index in [1.807, 2.05) is 0 Å². The molecule has 10 heteroatoms. The lowest BCUT2D eigenvalue weighted by molar-refractivity contribution is 0.282. The molecular formula is C24H32N4O4SSi. The van der Waals surface area contributed by atoms with Gasteiger partial charge < -0.3 is 4.43 Å². The second-order valence-electron chi connectivity index (χ2n) is 9.86. The van der Waals surface area contributed by atoms with Crippen LogP contribution < -0.4 is 5.56 Å². The van der Waals surface area contributed by atoms with Crippen molar-refractivity contribution in [2.24, 2.45) is 0 Å². The van der Waals surface area contributed by atoms with Gasteiger partial charge in [0.1, 0.15) is 12.0 Å². The first-order chi connectivity index (χ1) is 15.8. The zero-order valence-electron chi connectivity index (χ0n) is 20.6. The molecule has 0 radical (unpaired) electrons. The SMILES string of the molecule is CC(C)(C)[Si](C)(C)OCCCc1cn(-c2ccc(S(C)(=O)=O)cc2)c(=O)c(-c2cncnc2)n1. The lowest BCUT2D eigenvalue weighted by Gasteiger charge is -2.36. The van der Waals surface area contributed by atoms with Crippen LogP contribution >= 0.6 is 0 Å². The Kier molecular flexibility index (Phi) is 7.54. The van der Waals surface area contributed by atoms with Crippen molar-refractivity contribution in [3.05, 3.63) is 65.2 Å². The summed E-state index contributed by atoms with van der Waals surface area (Å²) in [6, 6.07) is 6.23. The van der Waals surface area contributed by atoms with Crippen LogP contribution in [0.15, 0.2) is 58.9 Å². The molecule has 0 fully saturated rings. The van der Waals surface area contributed by atoms with Crippen LogP contribution in [0.2, 0.25) is 18.1 Å². The van der Waals surface area contributed by atoms with E-state index in [2.05, 4.69) is 48.8 Å². The third-order valence-electron chi connectivity index (χ3n) is 6.18. The van der Waals surface area contributed by atoms with Gasteiger partial charge in [-0.3, -0.25) is 9.36 Å². The van der Waals surface area contributed by atoms with E-state index in [9.17, 15) is 13.2 Å². The minimum absolute atomic E-state index is 0.136. The fourth-order valence-corrected chi connectivity index (χ4v) is 4.83. The van der Waals surface area contributed by atoms with E-state index in [4.69, 9.17) is 4.43 Å². The zero-order chi connectivity index (χ0) is 25.1. The van der Waals surface area contributed by atoms with Gasteiger partial charge >= 0.3 is 0 Å². The molecule has 0 aliphatic rings. The fraction of sp³-hybridized carbons (Fsp3) is 0.417. The van der Waals surface area contributed by atoms with Gasteiger partial charge in [0, 0.05) is 42.7 Å². The van der Waals surface area contributed by atoms with Gasteiger partial charge in [-0.15, -0.1) is 0 Å². The zero-order valence-corrected chi connectivity index (χ0v) is 22.4. The Hall–Kier alpha value is -2.69. The highest BCUT2D eigenvalue weighted by molar-refractivity contribution is 7.90. The van der Waals surface area contributed by atoms with Crippen LogP contribution in [0, 0.1) is 0 Å². The third kappa shape index (κ3) is 6.05. The Labute approximate surface area is 202 Å². The minimum Gasteiger partial charge on any atom is -0.417 e. The van der Waals surface area contributed by atoms with Crippen molar-refractivity contribution in [3.63, 3.8) is 0 Å². The van der Waals surface area contributed by atoms with Gasteiger partial charge in [0.05, 0.1) is 10.6 Å². The molecule has 2 heterocycles. The summed E-state index contributed by atoms with van der Waals surface area (Å²) in [6.07, 6.45) is 8.74. The standard InChI is InChI=1S/C24H32N4O4SSi/c1-24(2,3)34(5,6)32-13-7-8-19-16-28(20-9-11-21(12-10-20)33(4,30)31)23(29)22(27-19)18-14-25-17-26-15-18/h9-12,14-17H,7-8,13H2,1-6H3. The van der Waals surface area contributed by atoms with E-state index in [1.54, 1.807) is 30.7 Å². The molecule has 3 rings (SSSR count). The van der Waals surface area contributed by atoms with Crippen molar-refractivity contribution in [3.8, 4) is 16.9 Å². The summed E-state index contributed by atoms with van der Waals surface area (Å²) in [5.41, 5.74) is 1.72. The van der Waals surface area contributed by atoms with Crippen LogP contribution in [-0.4, -0.2) is 49.1 Å². The fourth-order valence-electron chi connectivity index (χ4n) is 3.11. The Balaban J connectivity index is 1.94. The van der Waals surface area contributed by atoms with Crippen molar-refractivity contribution in [1.82, 2.24) is 19.5 Å². The first kappa shape index (κ1) is 25.9. The third-order valence-corrected chi connectivity index (χ3v) is 11.8. The quantitative estimate of drug-likeness (QED) is 0.339. The molecule has 0 aliphatic carbocycles. The Morgan fingerprint density at radius 1 is 1.06 bits per heavy atom. The second kappa shape index (κ2) is 9.89. The number of benzene rings is 1. The number of hydrogen-bond acceptors (Lipinski definition) is 7. The lowest BCUT2D eigenvalue weighted by Crippen LogP contribution is -2.41. The Morgan fingerprint density at radius 2 is 1.68 bits per heavy atom. The van der Waals surface area contributed by atoms with Gasteiger partial charge in [0.15, 0.2) is 18.2 Å². The summed E-state index contributed by atoms with van der Waals surface area (Å²) in [5, 5.41) is 0.136. The molecule has 0 saturated heterocycles. The second-order valence-corrected chi connectivity index (χ2v) is 16.7. The molecule has 0 N–H and O–H groups in total. The van der Waals surface area contributed by atoms with Crippen molar-refractivity contribution >= 4 is 18.2 Å². The highest BCUT2D eigenvalue weighted by Gasteiger charge is 2.36. The molecule has 8 nitrogen and oxygen atoms in total. The van der Waals surface area contributed by atoms with Crippen LogP contribution in [0.5, 0.6) is 0 Å². The summed E-state index contributed by atoms with van der Waals surface area (Å²) in [7, 11) is -5.18. The van der Waals surface area contributed by atoms with Gasteiger partial charge in [-0.2, -0.15) is 0 Å². The topological polar surface area (TPSA) is 104 Å². The number of aromatic nitrogens is 4. The predicted molar refractivity (Wildman–Crippen MR) is 135 cm³/mol.